The molecule has 2 N–H and O–H groups in total. The van der Waals surface area contributed by atoms with Gasteiger partial charge in [0.25, 0.3) is 0 Å². The molecule has 1 rings (SSSR count). The van der Waals surface area contributed by atoms with Crippen LogP contribution >= 0.6 is 11.6 Å². The first-order chi connectivity index (χ1) is 8.24. The summed E-state index contributed by atoms with van der Waals surface area (Å²) in [4.78, 5) is 11.9. The van der Waals surface area contributed by atoms with E-state index in [1.807, 2.05) is 27.8 Å². The van der Waals surface area contributed by atoms with Gasteiger partial charge in [-0.2, -0.15) is 5.10 Å². The lowest BCUT2D eigenvalue weighted by Gasteiger charge is -2.17. The number of hydrogen-bond donors (Lipinski definition) is 1. The van der Waals surface area contributed by atoms with Crippen LogP contribution in [-0.4, -0.2) is 21.1 Å². The minimum atomic E-state index is -0.305. The quantitative estimate of drug-likeness (QED) is 0.863. The van der Waals surface area contributed by atoms with Gasteiger partial charge in [-0.1, -0.05) is 18.5 Å². The summed E-state index contributed by atoms with van der Waals surface area (Å²) >= 11 is 6.20. The lowest BCUT2D eigenvalue weighted by molar-refractivity contribution is -0.118. The highest BCUT2D eigenvalue weighted by Gasteiger charge is 2.18. The molecule has 0 atom stereocenters. The van der Waals surface area contributed by atoms with Crippen LogP contribution in [0, 0.1) is 0 Å². The van der Waals surface area contributed by atoms with Crippen LogP contribution in [0.1, 0.15) is 45.0 Å². The fourth-order valence-electron chi connectivity index (χ4n) is 1.75. The fraction of sp³-hybridized carbons (Fsp3) is 0.692. The molecular formula is C13H22ClN3O. The van der Waals surface area contributed by atoms with E-state index in [4.69, 9.17) is 17.3 Å². The highest BCUT2D eigenvalue weighted by atomic mass is 35.5. The molecule has 0 radical (unpaired) electrons. The molecule has 0 fully saturated rings. The number of aromatic nitrogens is 2. The third kappa shape index (κ3) is 4.10. The molecular weight excluding hydrogens is 250 g/mol. The summed E-state index contributed by atoms with van der Waals surface area (Å²) in [6, 6.07) is 0. The standard InChI is InChI=1S/C13H22ClN3O/c1-5-10-12(14)11(17(4)16-10)8-9(18)6-7-13(2,3)15/h5-8,15H2,1-4H3. The Kier molecular flexibility index (Phi) is 4.93. The Labute approximate surface area is 113 Å². The predicted octanol–water partition coefficient (Wildman–Crippen LogP) is 2.27. The van der Waals surface area contributed by atoms with Crippen molar-refractivity contribution in [2.75, 3.05) is 0 Å². The lowest BCUT2D eigenvalue weighted by atomic mass is 9.97. The molecule has 102 valence electrons. The lowest BCUT2D eigenvalue weighted by Crippen LogP contribution is -2.32. The van der Waals surface area contributed by atoms with Crippen LogP contribution in [0.25, 0.3) is 0 Å². The maximum atomic E-state index is 11.9. The van der Waals surface area contributed by atoms with Crippen molar-refractivity contribution in [2.24, 2.45) is 12.8 Å². The number of aryl methyl sites for hydroxylation is 2. The van der Waals surface area contributed by atoms with Gasteiger partial charge in [0, 0.05) is 25.4 Å². The molecule has 1 aromatic heterocycles. The number of carbonyl (C=O) groups is 1. The molecule has 0 saturated heterocycles. The van der Waals surface area contributed by atoms with E-state index in [2.05, 4.69) is 5.10 Å². The van der Waals surface area contributed by atoms with Gasteiger partial charge in [0.2, 0.25) is 0 Å². The van der Waals surface area contributed by atoms with Crippen molar-refractivity contribution in [1.82, 2.24) is 9.78 Å². The van der Waals surface area contributed by atoms with Crippen molar-refractivity contribution in [3.8, 4) is 0 Å². The van der Waals surface area contributed by atoms with E-state index in [1.165, 1.54) is 0 Å². The average molecular weight is 272 g/mol. The number of nitrogens with zero attached hydrogens (tertiary/aromatic N) is 2. The maximum Gasteiger partial charge on any atom is 0.138 e. The first kappa shape index (κ1) is 15.2. The second-order valence-corrected chi connectivity index (χ2v) is 5.77. The van der Waals surface area contributed by atoms with Crippen molar-refractivity contribution < 1.29 is 4.79 Å². The zero-order valence-electron chi connectivity index (χ0n) is 11.6. The predicted molar refractivity (Wildman–Crippen MR) is 73.8 cm³/mol. The van der Waals surface area contributed by atoms with Crippen LogP contribution in [0.3, 0.4) is 0 Å². The van der Waals surface area contributed by atoms with E-state index in [-0.39, 0.29) is 11.3 Å². The van der Waals surface area contributed by atoms with E-state index < -0.39 is 0 Å². The van der Waals surface area contributed by atoms with Crippen LogP contribution < -0.4 is 5.73 Å². The monoisotopic (exact) mass is 271 g/mol. The molecule has 1 aromatic rings. The van der Waals surface area contributed by atoms with Crippen molar-refractivity contribution in [3.63, 3.8) is 0 Å². The topological polar surface area (TPSA) is 60.9 Å². The molecule has 0 saturated carbocycles. The van der Waals surface area contributed by atoms with Gasteiger partial charge in [-0.15, -0.1) is 0 Å². The Hall–Kier alpha value is -0.870. The van der Waals surface area contributed by atoms with E-state index in [1.54, 1.807) is 4.68 Å². The van der Waals surface area contributed by atoms with E-state index >= 15 is 0 Å². The van der Waals surface area contributed by atoms with Crippen molar-refractivity contribution in [2.45, 2.75) is 52.0 Å². The van der Waals surface area contributed by atoms with Crippen LogP contribution in [0.2, 0.25) is 5.02 Å². The number of carbonyl (C=O) groups excluding carboxylic acids is 1. The van der Waals surface area contributed by atoms with Crippen molar-refractivity contribution in [1.29, 1.82) is 0 Å². The maximum absolute atomic E-state index is 11.9. The summed E-state index contributed by atoms with van der Waals surface area (Å²) in [5.41, 5.74) is 7.21. The number of halogens is 1. The van der Waals surface area contributed by atoms with Gasteiger partial charge in [-0.05, 0) is 26.7 Å². The van der Waals surface area contributed by atoms with Gasteiger partial charge in [0.05, 0.1) is 16.4 Å². The van der Waals surface area contributed by atoms with Crippen LogP contribution in [-0.2, 0) is 24.7 Å². The minimum Gasteiger partial charge on any atom is -0.326 e. The zero-order valence-corrected chi connectivity index (χ0v) is 12.3. The SMILES string of the molecule is CCc1nn(C)c(CC(=O)CCC(C)(C)N)c1Cl. The first-order valence-electron chi connectivity index (χ1n) is 6.25. The second-order valence-electron chi connectivity index (χ2n) is 5.39. The molecule has 5 heteroatoms. The third-order valence-electron chi connectivity index (χ3n) is 2.92. The molecule has 0 aliphatic rings. The number of hydrogen-bond acceptors (Lipinski definition) is 3. The fourth-order valence-corrected chi connectivity index (χ4v) is 2.11. The largest absolute Gasteiger partial charge is 0.326 e. The second kappa shape index (κ2) is 5.85. The van der Waals surface area contributed by atoms with Crippen molar-refractivity contribution >= 4 is 17.4 Å². The van der Waals surface area contributed by atoms with Gasteiger partial charge >= 0.3 is 0 Å². The Balaban J connectivity index is 2.68. The first-order valence-corrected chi connectivity index (χ1v) is 6.63. The van der Waals surface area contributed by atoms with Crippen LogP contribution in [0.5, 0.6) is 0 Å². The normalized spacial score (nSPS) is 11.9. The molecule has 18 heavy (non-hydrogen) atoms. The number of rotatable bonds is 6. The molecule has 0 aromatic carbocycles. The molecule has 0 aliphatic carbocycles. The Morgan fingerprint density at radius 3 is 2.56 bits per heavy atom. The van der Waals surface area contributed by atoms with E-state index in [9.17, 15) is 4.79 Å². The smallest absolute Gasteiger partial charge is 0.138 e. The van der Waals surface area contributed by atoms with Gasteiger partial charge in [-0.3, -0.25) is 9.48 Å². The van der Waals surface area contributed by atoms with Gasteiger partial charge in [0.15, 0.2) is 0 Å². The number of nitrogens with two attached hydrogens (primary N) is 1. The summed E-state index contributed by atoms with van der Waals surface area (Å²) in [5, 5.41) is 4.92. The minimum absolute atomic E-state index is 0.154. The van der Waals surface area contributed by atoms with Gasteiger partial charge < -0.3 is 5.73 Å². The molecule has 0 amide bonds. The van der Waals surface area contributed by atoms with Crippen LogP contribution in [0.4, 0.5) is 0 Å². The Morgan fingerprint density at radius 1 is 1.50 bits per heavy atom. The highest BCUT2D eigenvalue weighted by Crippen LogP contribution is 2.22. The molecule has 1 heterocycles. The zero-order chi connectivity index (χ0) is 13.9. The molecule has 4 nitrogen and oxygen atoms in total. The molecule has 0 spiro atoms. The Morgan fingerprint density at radius 2 is 2.11 bits per heavy atom. The van der Waals surface area contributed by atoms with Crippen molar-refractivity contribution in [3.05, 3.63) is 16.4 Å². The third-order valence-corrected chi connectivity index (χ3v) is 3.35. The summed E-state index contributed by atoms with van der Waals surface area (Å²) in [5.74, 6) is 0.154. The van der Waals surface area contributed by atoms with Gasteiger partial charge in [0.1, 0.15) is 5.78 Å². The average Bonchev–Trinajstić information content (AvgIpc) is 2.53. The highest BCUT2D eigenvalue weighted by molar-refractivity contribution is 6.32. The van der Waals surface area contributed by atoms with Crippen LogP contribution in [0.15, 0.2) is 0 Å². The summed E-state index contributed by atoms with van der Waals surface area (Å²) in [6.07, 6.45) is 2.27. The molecule has 0 unspecified atom stereocenters. The van der Waals surface area contributed by atoms with E-state index in [0.29, 0.717) is 24.3 Å². The van der Waals surface area contributed by atoms with E-state index in [0.717, 1.165) is 17.8 Å². The number of ketones is 1. The summed E-state index contributed by atoms with van der Waals surface area (Å²) in [6.45, 7) is 5.84. The molecule has 0 bridgehead atoms. The Bertz CT molecular complexity index is 432. The number of Topliss-reactive ketones (excluding diaryl/α,β-unsaturated/α-hetero) is 1. The summed E-state index contributed by atoms with van der Waals surface area (Å²) < 4.78 is 1.70. The molecule has 0 aliphatic heterocycles. The summed E-state index contributed by atoms with van der Waals surface area (Å²) in [7, 11) is 1.82. The van der Waals surface area contributed by atoms with Gasteiger partial charge in [-0.25, -0.2) is 0 Å².